The Morgan fingerprint density at radius 3 is 2.75 bits per heavy atom. The highest BCUT2D eigenvalue weighted by atomic mass is 24.3. The number of fused-ring (bicyclic) bond motifs is 1. The average molecular weight is 229 g/mol. The van der Waals surface area contributed by atoms with Crippen LogP contribution in [0.1, 0.15) is 30.1 Å². The van der Waals surface area contributed by atoms with E-state index in [2.05, 4.69) is 0 Å². The van der Waals surface area contributed by atoms with Crippen molar-refractivity contribution in [3.63, 3.8) is 0 Å². The molecule has 4 heteroatoms. The molecule has 1 heterocycles. The molecule has 0 saturated heterocycles. The normalized spacial score (nSPS) is 10.1. The molecule has 0 atom stereocenters. The lowest BCUT2D eigenvalue weighted by molar-refractivity contribution is 0.0978. The molecule has 0 fully saturated rings. The van der Waals surface area contributed by atoms with Crippen LogP contribution < -0.4 is 0 Å². The van der Waals surface area contributed by atoms with Crippen molar-refractivity contribution in [2.75, 3.05) is 0 Å². The van der Waals surface area contributed by atoms with Crippen LogP contribution >= 0.6 is 0 Å². The molecule has 1 N–H and O–H groups in total. The number of ketones is 1. The van der Waals surface area contributed by atoms with Crippen LogP contribution in [-0.2, 0) is 0 Å². The second-order valence-electron chi connectivity index (χ2n) is 3.45. The molecule has 2 rings (SSSR count). The van der Waals surface area contributed by atoms with E-state index in [0.29, 0.717) is 23.0 Å². The number of carbonyl (C=O) groups is 1. The predicted octanol–water partition coefficient (Wildman–Crippen LogP) is 2.74. The van der Waals surface area contributed by atoms with E-state index in [0.717, 1.165) is 6.42 Å². The number of rotatable bonds is 3. The first kappa shape index (κ1) is 13.1. The predicted molar refractivity (Wildman–Crippen MR) is 62.9 cm³/mol. The molecule has 2 aromatic rings. The van der Waals surface area contributed by atoms with Gasteiger partial charge in [0.15, 0.2) is 5.78 Å². The maximum absolute atomic E-state index is 11.7. The van der Waals surface area contributed by atoms with Gasteiger partial charge in [0.1, 0.15) is 11.1 Å². The van der Waals surface area contributed by atoms with E-state index in [1.807, 2.05) is 13.0 Å². The van der Waals surface area contributed by atoms with Crippen LogP contribution in [0.5, 0.6) is 5.95 Å². The van der Waals surface area contributed by atoms with E-state index in [-0.39, 0.29) is 34.8 Å². The standard InChI is InChI=1S/C12H12O3.Mg/c1-2-5-9(13)11-8-6-3-4-7-10(8)15-12(11)14;/h3-4,6-7,14H,2,5H2,1H3;. The Bertz CT molecular complexity index is 502. The fraction of sp³-hybridized carbons (Fsp3) is 0.250. The lowest BCUT2D eigenvalue weighted by atomic mass is 10.1. The van der Waals surface area contributed by atoms with Gasteiger partial charge in [0.2, 0.25) is 0 Å². The maximum Gasteiger partial charge on any atom is 0.294 e. The second kappa shape index (κ2) is 5.36. The molecule has 0 aliphatic heterocycles. The number of carbonyl (C=O) groups excluding carboxylic acids is 1. The average Bonchev–Trinajstić information content (AvgIpc) is 2.54. The summed E-state index contributed by atoms with van der Waals surface area (Å²) in [5, 5.41) is 10.2. The molecule has 0 unspecified atom stereocenters. The van der Waals surface area contributed by atoms with Crippen molar-refractivity contribution in [1.29, 1.82) is 0 Å². The Labute approximate surface area is 110 Å². The number of aromatic hydroxyl groups is 1. The van der Waals surface area contributed by atoms with Crippen LogP contribution in [0.15, 0.2) is 28.7 Å². The maximum atomic E-state index is 11.7. The number of hydrogen-bond acceptors (Lipinski definition) is 3. The first-order valence-electron chi connectivity index (χ1n) is 4.97. The molecule has 0 saturated carbocycles. The molecule has 3 nitrogen and oxygen atoms in total. The summed E-state index contributed by atoms with van der Waals surface area (Å²) < 4.78 is 5.10. The van der Waals surface area contributed by atoms with Crippen molar-refractivity contribution >= 4 is 39.8 Å². The van der Waals surface area contributed by atoms with Gasteiger partial charge in [-0.25, -0.2) is 0 Å². The summed E-state index contributed by atoms with van der Waals surface area (Å²) in [5.41, 5.74) is 0.863. The topological polar surface area (TPSA) is 50.4 Å². The molecular formula is C12H12MgO3. The number of hydrogen-bond donors (Lipinski definition) is 1. The Kier molecular flexibility index (Phi) is 4.38. The lowest BCUT2D eigenvalue weighted by Crippen LogP contribution is -1.96. The lowest BCUT2D eigenvalue weighted by Gasteiger charge is -1.95. The van der Waals surface area contributed by atoms with Crippen LogP contribution in [0.4, 0.5) is 0 Å². The van der Waals surface area contributed by atoms with Gasteiger partial charge < -0.3 is 9.52 Å². The highest BCUT2D eigenvalue weighted by molar-refractivity contribution is 6.09. The molecule has 2 radical (unpaired) electrons. The van der Waals surface area contributed by atoms with E-state index >= 15 is 0 Å². The Hall–Kier alpha value is -1.00. The van der Waals surface area contributed by atoms with Crippen LogP contribution in [0.25, 0.3) is 11.0 Å². The number of para-hydroxylation sites is 1. The molecule has 0 spiro atoms. The summed E-state index contributed by atoms with van der Waals surface area (Å²) >= 11 is 0. The van der Waals surface area contributed by atoms with Crippen LogP contribution in [0.2, 0.25) is 0 Å². The van der Waals surface area contributed by atoms with E-state index in [1.54, 1.807) is 18.2 Å². The second-order valence-corrected chi connectivity index (χ2v) is 3.45. The van der Waals surface area contributed by atoms with Crippen LogP contribution in [-0.4, -0.2) is 33.9 Å². The molecule has 80 valence electrons. The Morgan fingerprint density at radius 1 is 1.38 bits per heavy atom. The zero-order valence-electron chi connectivity index (χ0n) is 9.19. The quantitative estimate of drug-likeness (QED) is 0.649. The fourth-order valence-electron chi connectivity index (χ4n) is 1.65. The SMILES string of the molecule is CCCC(=O)c1c(O)oc2ccccc12.[Mg]. The number of benzene rings is 1. The van der Waals surface area contributed by atoms with Crippen molar-refractivity contribution in [3.05, 3.63) is 29.8 Å². The van der Waals surface area contributed by atoms with Gasteiger partial charge >= 0.3 is 0 Å². The first-order valence-corrected chi connectivity index (χ1v) is 4.97. The molecule has 1 aromatic heterocycles. The van der Waals surface area contributed by atoms with E-state index in [4.69, 9.17) is 4.42 Å². The van der Waals surface area contributed by atoms with Gasteiger partial charge in [-0.3, -0.25) is 4.79 Å². The van der Waals surface area contributed by atoms with Gasteiger partial charge in [-0.2, -0.15) is 0 Å². The van der Waals surface area contributed by atoms with Crippen molar-refractivity contribution in [2.45, 2.75) is 19.8 Å². The molecule has 0 bridgehead atoms. The van der Waals surface area contributed by atoms with E-state index in [1.165, 1.54) is 0 Å². The number of furan rings is 1. The summed E-state index contributed by atoms with van der Waals surface area (Å²) in [6, 6.07) is 7.14. The van der Waals surface area contributed by atoms with E-state index < -0.39 is 0 Å². The third-order valence-electron chi connectivity index (χ3n) is 2.33. The van der Waals surface area contributed by atoms with Crippen LogP contribution in [0.3, 0.4) is 0 Å². The summed E-state index contributed by atoms with van der Waals surface area (Å²) in [6.07, 6.45) is 1.19. The van der Waals surface area contributed by atoms with Crippen molar-refractivity contribution in [2.24, 2.45) is 0 Å². The Balaban J connectivity index is 0.00000128. The highest BCUT2D eigenvalue weighted by Crippen LogP contribution is 2.31. The molecule has 0 aliphatic rings. The summed E-state index contributed by atoms with van der Waals surface area (Å²) in [4.78, 5) is 11.7. The van der Waals surface area contributed by atoms with Crippen molar-refractivity contribution in [3.8, 4) is 5.95 Å². The van der Waals surface area contributed by atoms with Crippen molar-refractivity contribution in [1.82, 2.24) is 0 Å². The summed E-state index contributed by atoms with van der Waals surface area (Å²) in [5.74, 6) is -0.338. The minimum absolute atomic E-state index is 0. The molecule has 0 amide bonds. The summed E-state index contributed by atoms with van der Waals surface area (Å²) in [7, 11) is 0. The first-order chi connectivity index (χ1) is 7.24. The zero-order valence-corrected chi connectivity index (χ0v) is 10.6. The van der Waals surface area contributed by atoms with Crippen LogP contribution in [0, 0.1) is 0 Å². The molecule has 1 aromatic carbocycles. The minimum Gasteiger partial charge on any atom is -0.480 e. The summed E-state index contributed by atoms with van der Waals surface area (Å²) in [6.45, 7) is 1.93. The van der Waals surface area contributed by atoms with Gasteiger partial charge in [0.25, 0.3) is 5.95 Å². The van der Waals surface area contributed by atoms with Gasteiger partial charge in [-0.15, -0.1) is 0 Å². The molecular weight excluding hydrogens is 216 g/mol. The van der Waals surface area contributed by atoms with Crippen molar-refractivity contribution < 1.29 is 14.3 Å². The highest BCUT2D eigenvalue weighted by Gasteiger charge is 2.18. The largest absolute Gasteiger partial charge is 0.480 e. The number of Topliss-reactive ketones (excluding diaryl/α,β-unsaturated/α-hetero) is 1. The monoisotopic (exact) mass is 228 g/mol. The van der Waals surface area contributed by atoms with Gasteiger partial charge in [-0.1, -0.05) is 25.1 Å². The molecule has 16 heavy (non-hydrogen) atoms. The van der Waals surface area contributed by atoms with Gasteiger partial charge in [-0.05, 0) is 12.5 Å². The fourth-order valence-corrected chi connectivity index (χ4v) is 1.65. The molecule has 0 aliphatic carbocycles. The van der Waals surface area contributed by atoms with E-state index in [9.17, 15) is 9.90 Å². The smallest absolute Gasteiger partial charge is 0.294 e. The van der Waals surface area contributed by atoms with Gasteiger partial charge in [0, 0.05) is 34.9 Å². The minimum atomic E-state index is -0.269. The van der Waals surface area contributed by atoms with Gasteiger partial charge in [0.05, 0.1) is 0 Å². The Morgan fingerprint density at radius 2 is 2.06 bits per heavy atom. The third-order valence-corrected chi connectivity index (χ3v) is 2.33. The third kappa shape index (κ3) is 2.22. The zero-order chi connectivity index (χ0) is 10.8.